The number of nitrogens with two attached hydrogens (primary N) is 1. The minimum Gasteiger partial charge on any atom is -0.394 e. The highest BCUT2D eigenvalue weighted by Gasteiger charge is 2.37. The lowest BCUT2D eigenvalue weighted by Gasteiger charge is -2.18. The molecular weight excluding hydrogens is 460 g/mol. The van der Waals surface area contributed by atoms with Gasteiger partial charge in [0.1, 0.15) is 12.3 Å². The molecule has 3 unspecified atom stereocenters. The Labute approximate surface area is 203 Å². The number of hydrogen-bond acceptors (Lipinski definition) is 8. The summed E-state index contributed by atoms with van der Waals surface area (Å²) in [5.41, 5.74) is 6.42. The van der Waals surface area contributed by atoms with Crippen LogP contribution >= 0.6 is 0 Å². The normalized spacial score (nSPS) is 20.3. The molecule has 1 aliphatic heterocycles. The summed E-state index contributed by atoms with van der Waals surface area (Å²) in [5, 5.41) is 30.2. The quantitative estimate of drug-likeness (QED) is 0.241. The van der Waals surface area contributed by atoms with Crippen LogP contribution in [-0.2, 0) is 4.74 Å². The lowest BCUT2D eigenvalue weighted by Crippen LogP contribution is -2.24. The standard InChI is InChI=1S/C26H22N6O4/c27-25-30-23-22(24(35)31-25)29-26(32(23)19-10-17(34)18(11-33)36-19)28-16-8-14-6-4-12-2-1-3-13-5-7-15(9-16)21(14)20(12)13/h1-9,17-19,33-34H,10-11H2,(H,28,29)(H3,27,30,31,35). The van der Waals surface area contributed by atoms with Gasteiger partial charge in [-0.25, -0.2) is 4.98 Å². The van der Waals surface area contributed by atoms with Gasteiger partial charge in [0.05, 0.1) is 12.7 Å². The Balaban J connectivity index is 1.40. The molecule has 4 aromatic carbocycles. The summed E-state index contributed by atoms with van der Waals surface area (Å²) in [4.78, 5) is 23.9. The number of aromatic amines is 1. The molecule has 0 spiro atoms. The summed E-state index contributed by atoms with van der Waals surface area (Å²) in [5.74, 6) is 0.262. The van der Waals surface area contributed by atoms with Crippen molar-refractivity contribution in [2.45, 2.75) is 24.9 Å². The van der Waals surface area contributed by atoms with Crippen molar-refractivity contribution in [2.75, 3.05) is 17.7 Å². The summed E-state index contributed by atoms with van der Waals surface area (Å²) in [6.07, 6.45) is -2.14. The zero-order valence-corrected chi connectivity index (χ0v) is 19.0. The summed E-state index contributed by atoms with van der Waals surface area (Å²) in [7, 11) is 0. The van der Waals surface area contributed by atoms with Crippen molar-refractivity contribution >= 4 is 61.1 Å². The van der Waals surface area contributed by atoms with E-state index in [2.05, 4.69) is 62.7 Å². The van der Waals surface area contributed by atoms with Gasteiger partial charge in [0.2, 0.25) is 11.9 Å². The van der Waals surface area contributed by atoms with Gasteiger partial charge in [0.25, 0.3) is 5.56 Å². The molecule has 3 heterocycles. The number of anilines is 3. The number of ether oxygens (including phenoxy) is 1. The lowest BCUT2D eigenvalue weighted by atomic mass is 9.94. The van der Waals surface area contributed by atoms with Gasteiger partial charge in [-0.1, -0.05) is 42.5 Å². The lowest BCUT2D eigenvalue weighted by molar-refractivity contribution is -0.0425. The SMILES string of the molecule is Nc1nc2c(nc(Nc3cc4ccc5cccc6ccc(c3)c4c56)n2C2CC(O)C(CO)O2)c(=O)[nH]1. The number of nitrogen functional groups attached to an aromatic ring is 1. The monoisotopic (exact) mass is 482 g/mol. The van der Waals surface area contributed by atoms with E-state index >= 15 is 0 Å². The fourth-order valence-corrected chi connectivity index (χ4v) is 5.35. The summed E-state index contributed by atoms with van der Waals surface area (Å²) in [6, 6.07) is 18.8. The Morgan fingerprint density at radius 2 is 1.72 bits per heavy atom. The first-order valence-electron chi connectivity index (χ1n) is 11.7. The summed E-state index contributed by atoms with van der Waals surface area (Å²) in [6.45, 7) is -0.334. The smallest absolute Gasteiger partial charge is 0.280 e. The van der Waals surface area contributed by atoms with Gasteiger partial charge in [0, 0.05) is 12.1 Å². The molecule has 2 aromatic heterocycles. The van der Waals surface area contributed by atoms with E-state index < -0.39 is 24.0 Å². The van der Waals surface area contributed by atoms with Crippen LogP contribution in [0.25, 0.3) is 43.5 Å². The number of aliphatic hydroxyl groups excluding tert-OH is 2. The zero-order valence-electron chi connectivity index (χ0n) is 19.0. The van der Waals surface area contributed by atoms with E-state index in [0.29, 0.717) is 5.95 Å². The highest BCUT2D eigenvalue weighted by atomic mass is 16.5. The van der Waals surface area contributed by atoms with Crippen LogP contribution < -0.4 is 16.6 Å². The van der Waals surface area contributed by atoms with Crippen LogP contribution in [0.5, 0.6) is 0 Å². The second kappa shape index (κ2) is 7.62. The van der Waals surface area contributed by atoms with E-state index in [4.69, 9.17) is 10.5 Å². The number of hydrogen-bond donors (Lipinski definition) is 5. The maximum absolute atomic E-state index is 12.6. The predicted octanol–water partition coefficient (Wildman–Crippen LogP) is 2.98. The molecule has 1 saturated heterocycles. The Morgan fingerprint density at radius 1 is 1.06 bits per heavy atom. The molecule has 0 bridgehead atoms. The van der Waals surface area contributed by atoms with Gasteiger partial charge in [-0.3, -0.25) is 14.3 Å². The molecule has 7 rings (SSSR count). The molecule has 6 aromatic rings. The fourth-order valence-electron chi connectivity index (χ4n) is 5.35. The van der Waals surface area contributed by atoms with E-state index in [9.17, 15) is 15.0 Å². The van der Waals surface area contributed by atoms with Crippen molar-refractivity contribution in [3.05, 3.63) is 65.0 Å². The van der Waals surface area contributed by atoms with Crippen molar-refractivity contribution in [1.82, 2.24) is 19.5 Å². The number of fused-ring (bicyclic) bond motifs is 1. The molecule has 0 aliphatic carbocycles. The fraction of sp³-hybridized carbons (Fsp3) is 0.192. The van der Waals surface area contributed by atoms with Crippen LogP contribution in [0, 0.1) is 0 Å². The topological polar surface area (TPSA) is 151 Å². The number of nitrogens with one attached hydrogen (secondary N) is 2. The van der Waals surface area contributed by atoms with Gasteiger partial charge in [-0.2, -0.15) is 4.98 Å². The average molecular weight is 483 g/mol. The number of rotatable bonds is 4. The summed E-state index contributed by atoms with van der Waals surface area (Å²) < 4.78 is 7.50. The minimum absolute atomic E-state index is 0.0552. The van der Waals surface area contributed by atoms with Gasteiger partial charge >= 0.3 is 0 Å². The number of aliphatic hydroxyl groups is 2. The molecule has 1 fully saturated rings. The van der Waals surface area contributed by atoms with E-state index in [-0.39, 0.29) is 30.1 Å². The van der Waals surface area contributed by atoms with Crippen LogP contribution in [0.3, 0.4) is 0 Å². The molecule has 10 heteroatoms. The molecule has 6 N–H and O–H groups in total. The van der Waals surface area contributed by atoms with Crippen LogP contribution in [0.1, 0.15) is 12.6 Å². The van der Waals surface area contributed by atoms with Crippen molar-refractivity contribution in [3.63, 3.8) is 0 Å². The van der Waals surface area contributed by atoms with E-state index in [1.807, 2.05) is 12.1 Å². The Kier molecular flexibility index (Phi) is 4.46. The molecule has 0 saturated carbocycles. The van der Waals surface area contributed by atoms with Crippen LogP contribution in [-0.4, -0.2) is 48.5 Å². The van der Waals surface area contributed by atoms with Crippen molar-refractivity contribution < 1.29 is 14.9 Å². The molecule has 180 valence electrons. The maximum Gasteiger partial charge on any atom is 0.280 e. The third-order valence-electron chi connectivity index (χ3n) is 6.96. The van der Waals surface area contributed by atoms with Crippen LogP contribution in [0.4, 0.5) is 17.6 Å². The van der Waals surface area contributed by atoms with Gasteiger partial charge in [-0.15, -0.1) is 0 Å². The third kappa shape index (κ3) is 3.05. The molecule has 36 heavy (non-hydrogen) atoms. The Morgan fingerprint density at radius 3 is 2.39 bits per heavy atom. The second-order valence-corrected chi connectivity index (χ2v) is 9.18. The van der Waals surface area contributed by atoms with Gasteiger partial charge < -0.3 is 26.0 Å². The largest absolute Gasteiger partial charge is 0.394 e. The van der Waals surface area contributed by atoms with Gasteiger partial charge in [0.15, 0.2) is 11.2 Å². The highest BCUT2D eigenvalue weighted by molar-refractivity contribution is 6.23. The Hall–Kier alpha value is -4.25. The van der Waals surface area contributed by atoms with Crippen molar-refractivity contribution in [3.8, 4) is 0 Å². The molecule has 3 atom stereocenters. The number of imidazole rings is 1. The maximum atomic E-state index is 12.6. The average Bonchev–Trinajstić information content (AvgIpc) is 3.41. The molecule has 0 amide bonds. The molecule has 0 radical (unpaired) electrons. The van der Waals surface area contributed by atoms with Crippen LogP contribution in [0.2, 0.25) is 0 Å². The number of H-pyrrole nitrogens is 1. The first-order chi connectivity index (χ1) is 17.5. The predicted molar refractivity (Wildman–Crippen MR) is 138 cm³/mol. The van der Waals surface area contributed by atoms with Crippen LogP contribution in [0.15, 0.2) is 59.4 Å². The number of aromatic nitrogens is 4. The first-order valence-corrected chi connectivity index (χ1v) is 11.7. The number of nitrogens with zero attached hydrogens (tertiary/aromatic N) is 3. The van der Waals surface area contributed by atoms with Gasteiger partial charge in [-0.05, 0) is 44.5 Å². The van der Waals surface area contributed by atoms with E-state index in [1.165, 1.54) is 21.5 Å². The molecule has 1 aliphatic rings. The zero-order chi connectivity index (χ0) is 24.6. The first kappa shape index (κ1) is 21.1. The molecule has 10 nitrogen and oxygen atoms in total. The number of benzene rings is 4. The second-order valence-electron chi connectivity index (χ2n) is 9.18. The van der Waals surface area contributed by atoms with E-state index in [0.717, 1.165) is 16.5 Å². The molecular formula is C26H22N6O4. The summed E-state index contributed by atoms with van der Waals surface area (Å²) >= 11 is 0. The highest BCUT2D eigenvalue weighted by Crippen LogP contribution is 2.38. The van der Waals surface area contributed by atoms with Crippen molar-refractivity contribution in [1.29, 1.82) is 0 Å². The minimum atomic E-state index is -0.873. The Bertz CT molecular complexity index is 1780. The van der Waals surface area contributed by atoms with Crippen molar-refractivity contribution in [2.24, 2.45) is 0 Å². The third-order valence-corrected chi connectivity index (χ3v) is 6.96. The van der Waals surface area contributed by atoms with E-state index in [1.54, 1.807) is 4.57 Å².